The minimum Gasteiger partial charge on any atom is -0.275 e. The summed E-state index contributed by atoms with van der Waals surface area (Å²) >= 11 is 0. The van der Waals surface area contributed by atoms with Gasteiger partial charge in [0.05, 0.1) is 28.2 Å². The largest absolute Gasteiger partial charge is 0.275 e. The van der Waals surface area contributed by atoms with Crippen molar-refractivity contribution in [3.8, 4) is 33.8 Å². The van der Waals surface area contributed by atoms with Crippen LogP contribution in [0.25, 0.3) is 44.8 Å². The third-order valence-electron chi connectivity index (χ3n) is 4.73. The summed E-state index contributed by atoms with van der Waals surface area (Å²) in [6.45, 7) is 1.98. The lowest BCUT2D eigenvalue weighted by Crippen LogP contribution is -1.91. The summed E-state index contributed by atoms with van der Waals surface area (Å²) in [6, 6.07) is 11.9. The molecule has 5 rings (SSSR count). The van der Waals surface area contributed by atoms with E-state index >= 15 is 0 Å². The molecule has 0 aliphatic carbocycles. The monoisotopic (exact) mass is 367 g/mol. The van der Waals surface area contributed by atoms with Crippen LogP contribution in [0.3, 0.4) is 0 Å². The number of fused-ring (bicyclic) bond motifs is 1. The van der Waals surface area contributed by atoms with Gasteiger partial charge in [0.15, 0.2) is 5.65 Å². The second kappa shape index (κ2) is 6.38. The zero-order valence-electron chi connectivity index (χ0n) is 15.5. The zero-order chi connectivity index (χ0) is 19.1. The smallest absolute Gasteiger partial charge is 0.182 e. The molecule has 1 N–H and O–H groups in total. The SMILES string of the molecule is Cc1nn(C)cc1-c1cc(-c2ccncc2)c2c(-c3ccccn3)[nH]nc2n1. The Hall–Kier alpha value is -3.87. The highest BCUT2D eigenvalue weighted by atomic mass is 15.3. The molecule has 5 aromatic heterocycles. The van der Waals surface area contributed by atoms with Crippen molar-refractivity contribution in [2.24, 2.45) is 7.05 Å². The molecule has 0 saturated carbocycles. The number of pyridine rings is 3. The van der Waals surface area contributed by atoms with E-state index in [4.69, 9.17) is 4.98 Å². The van der Waals surface area contributed by atoms with Crippen molar-refractivity contribution in [2.75, 3.05) is 0 Å². The Morgan fingerprint density at radius 3 is 2.54 bits per heavy atom. The predicted molar refractivity (Wildman–Crippen MR) is 107 cm³/mol. The molecule has 7 nitrogen and oxygen atoms in total. The number of rotatable bonds is 3. The molecule has 0 unspecified atom stereocenters. The summed E-state index contributed by atoms with van der Waals surface area (Å²) in [4.78, 5) is 13.4. The third kappa shape index (κ3) is 2.64. The maximum atomic E-state index is 4.81. The van der Waals surface area contributed by atoms with Crippen LogP contribution in [-0.2, 0) is 7.05 Å². The lowest BCUT2D eigenvalue weighted by atomic mass is 9.99. The van der Waals surface area contributed by atoms with Crippen molar-refractivity contribution < 1.29 is 0 Å². The van der Waals surface area contributed by atoms with Gasteiger partial charge in [-0.05, 0) is 48.4 Å². The molecular weight excluding hydrogens is 350 g/mol. The van der Waals surface area contributed by atoms with E-state index in [1.165, 1.54) is 0 Å². The first-order valence-corrected chi connectivity index (χ1v) is 8.92. The summed E-state index contributed by atoms with van der Waals surface area (Å²) in [5.74, 6) is 0. The van der Waals surface area contributed by atoms with Crippen molar-refractivity contribution in [3.05, 3.63) is 66.9 Å². The third-order valence-corrected chi connectivity index (χ3v) is 4.73. The zero-order valence-corrected chi connectivity index (χ0v) is 15.5. The van der Waals surface area contributed by atoms with Gasteiger partial charge in [-0.15, -0.1) is 0 Å². The van der Waals surface area contributed by atoms with Crippen molar-refractivity contribution >= 4 is 11.0 Å². The van der Waals surface area contributed by atoms with E-state index < -0.39 is 0 Å². The van der Waals surface area contributed by atoms with Gasteiger partial charge in [0.2, 0.25) is 0 Å². The summed E-state index contributed by atoms with van der Waals surface area (Å²) in [5, 5.41) is 13.0. The first-order chi connectivity index (χ1) is 13.7. The fourth-order valence-electron chi connectivity index (χ4n) is 3.47. The Kier molecular flexibility index (Phi) is 3.72. The lowest BCUT2D eigenvalue weighted by Gasteiger charge is -2.08. The molecule has 0 radical (unpaired) electrons. The number of H-pyrrole nitrogens is 1. The molecule has 5 heterocycles. The minimum atomic E-state index is 0.646. The maximum absolute atomic E-state index is 4.81. The Morgan fingerprint density at radius 1 is 0.964 bits per heavy atom. The van der Waals surface area contributed by atoms with Crippen LogP contribution in [0, 0.1) is 6.92 Å². The van der Waals surface area contributed by atoms with Crippen LogP contribution in [-0.4, -0.2) is 34.9 Å². The molecule has 0 bridgehead atoms. The number of hydrogen-bond donors (Lipinski definition) is 1. The van der Waals surface area contributed by atoms with Gasteiger partial charge < -0.3 is 0 Å². The van der Waals surface area contributed by atoms with Gasteiger partial charge in [0.25, 0.3) is 0 Å². The van der Waals surface area contributed by atoms with Crippen molar-refractivity contribution in [1.29, 1.82) is 0 Å². The molecule has 0 aliphatic rings. The maximum Gasteiger partial charge on any atom is 0.182 e. The Bertz CT molecular complexity index is 1270. The molecule has 136 valence electrons. The molecule has 0 atom stereocenters. The molecule has 0 aliphatic heterocycles. The van der Waals surface area contributed by atoms with Gasteiger partial charge >= 0.3 is 0 Å². The average molecular weight is 367 g/mol. The quantitative estimate of drug-likeness (QED) is 0.524. The van der Waals surface area contributed by atoms with Crippen LogP contribution in [0.2, 0.25) is 0 Å². The molecule has 5 aromatic rings. The average Bonchev–Trinajstić information content (AvgIpc) is 3.31. The number of nitrogens with zero attached hydrogens (tertiary/aromatic N) is 6. The van der Waals surface area contributed by atoms with E-state index in [0.717, 1.165) is 44.9 Å². The van der Waals surface area contributed by atoms with Gasteiger partial charge in [-0.2, -0.15) is 10.2 Å². The molecule has 7 heteroatoms. The van der Waals surface area contributed by atoms with E-state index in [0.29, 0.717) is 5.65 Å². The number of aromatic nitrogens is 7. The summed E-state index contributed by atoms with van der Waals surface area (Å²) in [5.41, 5.74) is 7.15. The van der Waals surface area contributed by atoms with Crippen LogP contribution < -0.4 is 0 Å². The second-order valence-corrected chi connectivity index (χ2v) is 6.60. The minimum absolute atomic E-state index is 0.646. The number of hydrogen-bond acceptors (Lipinski definition) is 5. The predicted octanol–water partition coefficient (Wildman–Crippen LogP) is 3.79. The summed E-state index contributed by atoms with van der Waals surface area (Å²) in [7, 11) is 1.91. The van der Waals surface area contributed by atoms with Crippen molar-refractivity contribution in [3.63, 3.8) is 0 Å². The fourth-order valence-corrected chi connectivity index (χ4v) is 3.47. The van der Waals surface area contributed by atoms with E-state index in [9.17, 15) is 0 Å². The van der Waals surface area contributed by atoms with Crippen LogP contribution in [0.1, 0.15) is 5.69 Å². The van der Waals surface area contributed by atoms with Crippen LogP contribution in [0.5, 0.6) is 0 Å². The van der Waals surface area contributed by atoms with Crippen LogP contribution in [0.4, 0.5) is 0 Å². The topological polar surface area (TPSA) is 85.2 Å². The molecular formula is C21H17N7. The molecule has 0 saturated heterocycles. The number of nitrogens with one attached hydrogen (secondary N) is 1. The standard InChI is InChI=1S/C21H17N7/c1-13-16(12-28(2)27-13)18-11-15(14-6-9-22-10-7-14)19-20(25-26-21(19)24-18)17-5-3-4-8-23-17/h3-12H,1-2H3,(H,24,25,26). The highest BCUT2D eigenvalue weighted by Gasteiger charge is 2.19. The van der Waals surface area contributed by atoms with Gasteiger partial charge in [0.1, 0.15) is 0 Å². The Balaban J connectivity index is 1.83. The molecule has 0 aromatic carbocycles. The molecule has 0 spiro atoms. The van der Waals surface area contributed by atoms with Crippen molar-refractivity contribution in [1.82, 2.24) is 34.9 Å². The van der Waals surface area contributed by atoms with Gasteiger partial charge in [0, 0.05) is 37.4 Å². The van der Waals surface area contributed by atoms with E-state index in [1.54, 1.807) is 23.3 Å². The van der Waals surface area contributed by atoms with Gasteiger partial charge in [-0.3, -0.25) is 19.7 Å². The van der Waals surface area contributed by atoms with Gasteiger partial charge in [-0.25, -0.2) is 4.98 Å². The number of aryl methyl sites for hydroxylation is 2. The first-order valence-electron chi connectivity index (χ1n) is 8.92. The highest BCUT2D eigenvalue weighted by Crippen LogP contribution is 2.36. The Labute approximate surface area is 161 Å². The summed E-state index contributed by atoms with van der Waals surface area (Å²) in [6.07, 6.45) is 7.33. The molecule has 0 amide bonds. The van der Waals surface area contributed by atoms with Crippen LogP contribution >= 0.6 is 0 Å². The van der Waals surface area contributed by atoms with E-state index in [2.05, 4.69) is 31.3 Å². The summed E-state index contributed by atoms with van der Waals surface area (Å²) < 4.78 is 1.80. The molecule has 0 fully saturated rings. The first kappa shape index (κ1) is 16.3. The lowest BCUT2D eigenvalue weighted by molar-refractivity contribution is 0.756. The normalized spacial score (nSPS) is 11.2. The van der Waals surface area contributed by atoms with Crippen LogP contribution in [0.15, 0.2) is 61.2 Å². The van der Waals surface area contributed by atoms with Crippen molar-refractivity contribution in [2.45, 2.75) is 6.92 Å². The molecule has 28 heavy (non-hydrogen) atoms. The van der Waals surface area contributed by atoms with E-state index in [1.807, 2.05) is 50.5 Å². The Morgan fingerprint density at radius 2 is 1.82 bits per heavy atom. The van der Waals surface area contributed by atoms with E-state index in [-0.39, 0.29) is 0 Å². The second-order valence-electron chi connectivity index (χ2n) is 6.60. The fraction of sp³-hybridized carbons (Fsp3) is 0.0952. The number of aromatic amines is 1. The van der Waals surface area contributed by atoms with Gasteiger partial charge in [-0.1, -0.05) is 6.07 Å². The highest BCUT2D eigenvalue weighted by molar-refractivity contribution is 6.03.